The van der Waals surface area contributed by atoms with Gasteiger partial charge < -0.3 is 0 Å². The maximum absolute atomic E-state index is 5.01. The normalized spacial score (nSPS) is 42.6. The third-order valence-corrected chi connectivity index (χ3v) is 7.03. The van der Waals surface area contributed by atoms with Crippen LogP contribution >= 0.6 is 0 Å². The van der Waals surface area contributed by atoms with Gasteiger partial charge in [-0.1, -0.05) is 19.3 Å². The van der Waals surface area contributed by atoms with E-state index in [4.69, 9.17) is 4.98 Å². The van der Waals surface area contributed by atoms with Crippen LogP contribution in [-0.4, -0.2) is 15.2 Å². The van der Waals surface area contributed by atoms with Gasteiger partial charge in [0.15, 0.2) is 5.82 Å². The third-order valence-electron chi connectivity index (χ3n) is 7.03. The second-order valence-corrected chi connectivity index (χ2v) is 8.37. The van der Waals surface area contributed by atoms with Crippen molar-refractivity contribution in [2.24, 2.45) is 23.7 Å². The molecule has 5 saturated carbocycles. The lowest BCUT2D eigenvalue weighted by atomic mass is 9.52. The summed E-state index contributed by atoms with van der Waals surface area (Å²) in [6, 6.07) is 0. The van der Waals surface area contributed by atoms with E-state index in [1.54, 1.807) is 0 Å². The first-order chi connectivity index (χ1) is 10.4. The summed E-state index contributed by atoms with van der Waals surface area (Å²) in [6.45, 7) is 0. The SMILES string of the molecule is C1CCC(c2n[nH]c(C3C4CC5CC(C4)CC3C5)n2)CC1. The van der Waals surface area contributed by atoms with Crippen LogP contribution in [0.25, 0.3) is 0 Å². The van der Waals surface area contributed by atoms with Crippen molar-refractivity contribution < 1.29 is 0 Å². The number of aromatic nitrogens is 3. The summed E-state index contributed by atoms with van der Waals surface area (Å²) in [6.07, 6.45) is 14.2. The Morgan fingerprint density at radius 3 is 2.14 bits per heavy atom. The number of aromatic amines is 1. The molecule has 114 valence electrons. The molecule has 0 aliphatic heterocycles. The summed E-state index contributed by atoms with van der Waals surface area (Å²) in [5.41, 5.74) is 0. The Labute approximate surface area is 127 Å². The molecule has 0 unspecified atom stereocenters. The lowest BCUT2D eigenvalue weighted by molar-refractivity contribution is -0.00556. The van der Waals surface area contributed by atoms with E-state index >= 15 is 0 Å². The van der Waals surface area contributed by atoms with Gasteiger partial charge in [-0.2, -0.15) is 5.10 Å². The Bertz CT molecular complexity index is 486. The molecule has 0 saturated heterocycles. The molecule has 0 radical (unpaired) electrons. The molecule has 3 heteroatoms. The molecule has 0 amide bonds. The van der Waals surface area contributed by atoms with Gasteiger partial charge in [0.25, 0.3) is 0 Å². The summed E-state index contributed by atoms with van der Waals surface area (Å²) in [4.78, 5) is 5.01. The molecule has 0 spiro atoms. The van der Waals surface area contributed by atoms with E-state index < -0.39 is 0 Å². The highest BCUT2D eigenvalue weighted by atomic mass is 15.2. The van der Waals surface area contributed by atoms with Crippen LogP contribution in [0.3, 0.4) is 0 Å². The smallest absolute Gasteiger partial charge is 0.153 e. The van der Waals surface area contributed by atoms with Crippen molar-refractivity contribution >= 4 is 0 Å². The second-order valence-electron chi connectivity index (χ2n) is 8.37. The van der Waals surface area contributed by atoms with Gasteiger partial charge in [0, 0.05) is 11.8 Å². The first kappa shape index (κ1) is 12.7. The monoisotopic (exact) mass is 285 g/mol. The molecule has 0 aromatic carbocycles. The number of nitrogens with zero attached hydrogens (tertiary/aromatic N) is 2. The Morgan fingerprint density at radius 2 is 1.48 bits per heavy atom. The summed E-state index contributed by atoms with van der Waals surface area (Å²) in [5.74, 6) is 7.65. The molecule has 3 nitrogen and oxygen atoms in total. The zero-order valence-electron chi connectivity index (χ0n) is 12.9. The van der Waals surface area contributed by atoms with E-state index in [-0.39, 0.29) is 0 Å². The standard InChI is InChI=1S/C18H27N3/c1-2-4-13(5-3-1)17-19-18(21-20-17)16-14-7-11-6-12(9-14)10-15(16)8-11/h11-16H,1-10H2,(H,19,20,21). The third kappa shape index (κ3) is 2.07. The van der Waals surface area contributed by atoms with Gasteiger partial charge in [-0.25, -0.2) is 4.98 Å². The average molecular weight is 285 g/mol. The zero-order chi connectivity index (χ0) is 13.8. The lowest BCUT2D eigenvalue weighted by Crippen LogP contribution is -2.44. The van der Waals surface area contributed by atoms with Gasteiger partial charge in [-0.3, -0.25) is 5.10 Å². The summed E-state index contributed by atoms with van der Waals surface area (Å²) in [7, 11) is 0. The van der Waals surface area contributed by atoms with Crippen LogP contribution < -0.4 is 0 Å². The van der Waals surface area contributed by atoms with Gasteiger partial charge in [0.1, 0.15) is 5.82 Å². The van der Waals surface area contributed by atoms with Crippen molar-refractivity contribution in [3.63, 3.8) is 0 Å². The number of rotatable bonds is 2. The first-order valence-corrected chi connectivity index (χ1v) is 9.29. The first-order valence-electron chi connectivity index (χ1n) is 9.29. The zero-order valence-corrected chi connectivity index (χ0v) is 12.9. The molecule has 5 aliphatic carbocycles. The summed E-state index contributed by atoms with van der Waals surface area (Å²) in [5, 5.41) is 8.01. The molecule has 1 N–H and O–H groups in total. The van der Waals surface area contributed by atoms with E-state index in [0.29, 0.717) is 11.8 Å². The lowest BCUT2D eigenvalue weighted by Gasteiger charge is -2.53. The molecule has 1 heterocycles. The van der Waals surface area contributed by atoms with Crippen LogP contribution in [0.2, 0.25) is 0 Å². The predicted molar refractivity (Wildman–Crippen MR) is 82.0 cm³/mol. The van der Waals surface area contributed by atoms with Crippen molar-refractivity contribution in [1.29, 1.82) is 0 Å². The molecule has 0 atom stereocenters. The van der Waals surface area contributed by atoms with E-state index in [9.17, 15) is 0 Å². The van der Waals surface area contributed by atoms with Crippen LogP contribution in [0.1, 0.15) is 87.7 Å². The minimum absolute atomic E-state index is 0.639. The van der Waals surface area contributed by atoms with Gasteiger partial charge >= 0.3 is 0 Å². The molecule has 6 rings (SSSR count). The van der Waals surface area contributed by atoms with Crippen molar-refractivity contribution in [2.75, 3.05) is 0 Å². The van der Waals surface area contributed by atoms with Crippen molar-refractivity contribution in [1.82, 2.24) is 15.2 Å². The molecule has 5 aliphatic rings. The Hall–Kier alpha value is -0.860. The van der Waals surface area contributed by atoms with Crippen molar-refractivity contribution in [3.05, 3.63) is 11.6 Å². The molecular weight excluding hydrogens is 258 g/mol. The second kappa shape index (κ2) is 4.82. The topological polar surface area (TPSA) is 41.6 Å². The van der Waals surface area contributed by atoms with E-state index in [0.717, 1.165) is 29.5 Å². The van der Waals surface area contributed by atoms with Gasteiger partial charge in [0.05, 0.1) is 0 Å². The highest BCUT2D eigenvalue weighted by molar-refractivity contribution is 5.12. The highest BCUT2D eigenvalue weighted by Crippen LogP contribution is 2.59. The van der Waals surface area contributed by atoms with E-state index in [1.807, 2.05) is 0 Å². The minimum atomic E-state index is 0.639. The number of hydrogen-bond donors (Lipinski definition) is 1. The number of hydrogen-bond acceptors (Lipinski definition) is 2. The maximum atomic E-state index is 5.01. The van der Waals surface area contributed by atoms with E-state index in [2.05, 4.69) is 10.2 Å². The van der Waals surface area contributed by atoms with Crippen LogP contribution in [0.4, 0.5) is 0 Å². The van der Waals surface area contributed by atoms with Crippen molar-refractivity contribution in [3.8, 4) is 0 Å². The van der Waals surface area contributed by atoms with Crippen LogP contribution in [-0.2, 0) is 0 Å². The molecular formula is C18H27N3. The molecule has 21 heavy (non-hydrogen) atoms. The fourth-order valence-corrected chi connectivity index (χ4v) is 6.35. The molecule has 4 bridgehead atoms. The van der Waals surface area contributed by atoms with Gasteiger partial charge in [-0.15, -0.1) is 0 Å². The molecule has 1 aromatic rings. The van der Waals surface area contributed by atoms with Crippen LogP contribution in [0.5, 0.6) is 0 Å². The number of nitrogens with one attached hydrogen (secondary N) is 1. The van der Waals surface area contributed by atoms with Gasteiger partial charge in [-0.05, 0) is 68.6 Å². The van der Waals surface area contributed by atoms with Crippen molar-refractivity contribution in [2.45, 2.75) is 76.0 Å². The Balaban J connectivity index is 1.39. The van der Waals surface area contributed by atoms with Crippen LogP contribution in [0.15, 0.2) is 0 Å². The van der Waals surface area contributed by atoms with Crippen LogP contribution in [0, 0.1) is 23.7 Å². The number of H-pyrrole nitrogens is 1. The Kier molecular flexibility index (Phi) is 2.91. The Morgan fingerprint density at radius 1 is 0.810 bits per heavy atom. The fraction of sp³-hybridized carbons (Fsp3) is 0.889. The maximum Gasteiger partial charge on any atom is 0.153 e. The molecule has 5 fully saturated rings. The predicted octanol–water partition coefficient (Wildman–Crippen LogP) is 4.39. The quantitative estimate of drug-likeness (QED) is 0.875. The summed E-state index contributed by atoms with van der Waals surface area (Å²) >= 11 is 0. The van der Waals surface area contributed by atoms with Gasteiger partial charge in [0.2, 0.25) is 0 Å². The molecule has 1 aromatic heterocycles. The summed E-state index contributed by atoms with van der Waals surface area (Å²) < 4.78 is 0. The van der Waals surface area contributed by atoms with E-state index in [1.165, 1.54) is 70.0 Å². The highest BCUT2D eigenvalue weighted by Gasteiger charge is 2.49. The minimum Gasteiger partial charge on any atom is -0.263 e. The fourth-order valence-electron chi connectivity index (χ4n) is 6.35. The largest absolute Gasteiger partial charge is 0.263 e. The average Bonchev–Trinajstić information content (AvgIpc) is 2.97.